The van der Waals surface area contributed by atoms with Crippen LogP contribution in [0.1, 0.15) is 18.4 Å². The zero-order valence-electron chi connectivity index (χ0n) is 9.29. The van der Waals surface area contributed by atoms with E-state index in [4.69, 9.17) is 11.6 Å². The van der Waals surface area contributed by atoms with Gasteiger partial charge in [-0.3, -0.25) is 0 Å². The van der Waals surface area contributed by atoms with Gasteiger partial charge in [0.25, 0.3) is 0 Å². The van der Waals surface area contributed by atoms with E-state index >= 15 is 0 Å². The highest BCUT2D eigenvalue weighted by Gasteiger charge is 2.14. The van der Waals surface area contributed by atoms with Gasteiger partial charge >= 0.3 is 0 Å². The van der Waals surface area contributed by atoms with Crippen molar-refractivity contribution in [2.45, 2.75) is 26.8 Å². The Balaban J connectivity index is 2.66. The number of imidazole rings is 1. The summed E-state index contributed by atoms with van der Waals surface area (Å²) in [4.78, 5) is 4.57. The summed E-state index contributed by atoms with van der Waals surface area (Å²) in [5.41, 5.74) is 3.08. The lowest BCUT2D eigenvalue weighted by Gasteiger charge is -2.02. The zero-order valence-corrected chi connectivity index (χ0v) is 10.0. The average Bonchev–Trinajstić information content (AvgIpc) is 2.69. The Morgan fingerprint density at radius 2 is 2.13 bits per heavy atom. The summed E-state index contributed by atoms with van der Waals surface area (Å²) in [6, 6.07) is 0. The monoisotopic (exact) mass is 226 g/mol. The number of halogens is 1. The Morgan fingerprint density at radius 3 is 2.73 bits per heavy atom. The van der Waals surface area contributed by atoms with Gasteiger partial charge in [0.1, 0.15) is 11.3 Å². The Bertz CT molecular complexity index is 483. The molecule has 2 heterocycles. The first-order chi connectivity index (χ1) is 7.19. The number of rotatable bonds is 3. The molecule has 0 aliphatic heterocycles. The van der Waals surface area contributed by atoms with E-state index in [0.29, 0.717) is 5.88 Å². The third-order valence-corrected chi connectivity index (χ3v) is 2.82. The Kier molecular flexibility index (Phi) is 2.69. The summed E-state index contributed by atoms with van der Waals surface area (Å²) in [5.74, 6) is 1.63. The Labute approximate surface area is 93.9 Å². The van der Waals surface area contributed by atoms with E-state index in [2.05, 4.69) is 21.6 Å². The summed E-state index contributed by atoms with van der Waals surface area (Å²) in [6.45, 7) is 4.94. The molecule has 0 saturated carbocycles. The molecular formula is C10H15ClN4. The minimum atomic E-state index is 0.603. The molecule has 0 aliphatic rings. The van der Waals surface area contributed by atoms with E-state index in [0.717, 1.165) is 35.6 Å². The smallest absolute Gasteiger partial charge is 0.158 e. The lowest BCUT2D eigenvalue weighted by molar-refractivity contribution is 0.648. The number of hydrogen-bond donors (Lipinski definition) is 0. The van der Waals surface area contributed by atoms with E-state index < -0.39 is 0 Å². The quantitative estimate of drug-likeness (QED) is 0.750. The average molecular weight is 227 g/mol. The number of nitrogens with zero attached hydrogens (tertiary/aromatic N) is 4. The van der Waals surface area contributed by atoms with Crippen LogP contribution in [0.25, 0.3) is 11.2 Å². The maximum atomic E-state index is 5.74. The molecule has 0 N–H and O–H groups in total. The van der Waals surface area contributed by atoms with Gasteiger partial charge in [0, 0.05) is 25.9 Å². The van der Waals surface area contributed by atoms with Crippen molar-refractivity contribution in [3.05, 3.63) is 11.5 Å². The van der Waals surface area contributed by atoms with Crippen LogP contribution < -0.4 is 0 Å². The van der Waals surface area contributed by atoms with Crippen molar-refractivity contribution in [1.29, 1.82) is 0 Å². The summed E-state index contributed by atoms with van der Waals surface area (Å²) in [7, 11) is 2.02. The van der Waals surface area contributed by atoms with Crippen LogP contribution in [-0.2, 0) is 20.0 Å². The number of aryl methyl sites for hydroxylation is 4. The van der Waals surface area contributed by atoms with Gasteiger partial charge in [0.05, 0.1) is 5.69 Å². The first kappa shape index (κ1) is 10.5. The molecule has 0 spiro atoms. The molecule has 0 amide bonds. The fourth-order valence-electron chi connectivity index (χ4n) is 1.88. The largest absolute Gasteiger partial charge is 0.316 e. The number of alkyl halides is 1. The van der Waals surface area contributed by atoms with E-state index in [1.165, 1.54) is 0 Å². The second-order valence-corrected chi connectivity index (χ2v) is 3.98. The molecule has 2 aromatic heterocycles. The molecule has 0 fully saturated rings. The Morgan fingerprint density at radius 1 is 1.40 bits per heavy atom. The molecule has 0 atom stereocenters. The van der Waals surface area contributed by atoms with Crippen LogP contribution >= 0.6 is 11.6 Å². The van der Waals surface area contributed by atoms with Gasteiger partial charge in [-0.15, -0.1) is 11.6 Å². The molecular weight excluding hydrogens is 212 g/mol. The summed E-state index contributed by atoms with van der Waals surface area (Å²) in [6.07, 6.45) is 0.801. The SMILES string of the molecule is CCn1nc(C)c2nc(CCCl)n(C)c21. The molecule has 15 heavy (non-hydrogen) atoms. The number of hydrogen-bond acceptors (Lipinski definition) is 2. The molecule has 82 valence electrons. The Hall–Kier alpha value is -1.03. The molecule has 0 bridgehead atoms. The second kappa shape index (κ2) is 3.85. The topological polar surface area (TPSA) is 35.6 Å². The molecule has 2 aromatic rings. The minimum absolute atomic E-state index is 0.603. The van der Waals surface area contributed by atoms with Gasteiger partial charge in [-0.1, -0.05) is 0 Å². The van der Waals surface area contributed by atoms with Crippen molar-refractivity contribution in [2.24, 2.45) is 7.05 Å². The number of aromatic nitrogens is 4. The third kappa shape index (κ3) is 1.53. The second-order valence-electron chi connectivity index (χ2n) is 3.60. The van der Waals surface area contributed by atoms with Crippen LogP contribution in [0.5, 0.6) is 0 Å². The maximum Gasteiger partial charge on any atom is 0.158 e. The van der Waals surface area contributed by atoms with Gasteiger partial charge in [0.2, 0.25) is 0 Å². The lowest BCUT2D eigenvalue weighted by Crippen LogP contribution is -2.05. The predicted molar refractivity (Wildman–Crippen MR) is 61.3 cm³/mol. The molecule has 2 rings (SSSR count). The van der Waals surface area contributed by atoms with Crippen LogP contribution in [0, 0.1) is 6.92 Å². The van der Waals surface area contributed by atoms with E-state index in [-0.39, 0.29) is 0 Å². The van der Waals surface area contributed by atoms with E-state index in [1.54, 1.807) is 0 Å². The number of fused-ring (bicyclic) bond motifs is 1. The van der Waals surface area contributed by atoms with Crippen LogP contribution in [0.2, 0.25) is 0 Å². The van der Waals surface area contributed by atoms with Crippen LogP contribution in [0.3, 0.4) is 0 Å². The zero-order chi connectivity index (χ0) is 11.0. The highest BCUT2D eigenvalue weighted by Crippen LogP contribution is 2.18. The fraction of sp³-hybridized carbons (Fsp3) is 0.600. The van der Waals surface area contributed by atoms with Gasteiger partial charge in [-0.2, -0.15) is 5.10 Å². The van der Waals surface area contributed by atoms with Crippen molar-refractivity contribution < 1.29 is 0 Å². The highest BCUT2D eigenvalue weighted by atomic mass is 35.5. The molecule has 0 aliphatic carbocycles. The van der Waals surface area contributed by atoms with Crippen molar-refractivity contribution in [1.82, 2.24) is 19.3 Å². The maximum absolute atomic E-state index is 5.74. The molecule has 0 radical (unpaired) electrons. The lowest BCUT2D eigenvalue weighted by atomic mass is 10.4. The fourth-order valence-corrected chi connectivity index (χ4v) is 2.05. The van der Waals surface area contributed by atoms with Gasteiger partial charge in [-0.05, 0) is 13.8 Å². The molecule has 0 saturated heterocycles. The van der Waals surface area contributed by atoms with Gasteiger partial charge in [0.15, 0.2) is 5.65 Å². The summed E-state index contributed by atoms with van der Waals surface area (Å²) >= 11 is 5.74. The predicted octanol–water partition coefficient (Wildman–Crippen LogP) is 1.88. The molecule has 0 unspecified atom stereocenters. The standard InChI is InChI=1S/C10H15ClN4/c1-4-15-10-9(7(2)13-15)12-8(5-6-11)14(10)3/h4-6H2,1-3H3. The molecule has 5 heteroatoms. The van der Waals surface area contributed by atoms with E-state index in [9.17, 15) is 0 Å². The third-order valence-electron chi connectivity index (χ3n) is 2.63. The van der Waals surface area contributed by atoms with E-state index in [1.807, 2.05) is 18.7 Å². The highest BCUT2D eigenvalue weighted by molar-refractivity contribution is 6.17. The first-order valence-corrected chi connectivity index (χ1v) is 5.67. The van der Waals surface area contributed by atoms with Crippen LogP contribution in [0.15, 0.2) is 0 Å². The normalized spacial score (nSPS) is 11.5. The van der Waals surface area contributed by atoms with Crippen molar-refractivity contribution >= 4 is 22.8 Å². The molecule has 4 nitrogen and oxygen atoms in total. The summed E-state index contributed by atoms with van der Waals surface area (Å²) < 4.78 is 4.07. The van der Waals surface area contributed by atoms with Gasteiger partial charge in [-0.25, -0.2) is 9.67 Å². The van der Waals surface area contributed by atoms with Crippen molar-refractivity contribution in [2.75, 3.05) is 5.88 Å². The van der Waals surface area contributed by atoms with Crippen molar-refractivity contribution in [3.63, 3.8) is 0 Å². The summed E-state index contributed by atoms with van der Waals surface area (Å²) in [5, 5.41) is 4.43. The molecule has 0 aromatic carbocycles. The van der Waals surface area contributed by atoms with Crippen LogP contribution in [0.4, 0.5) is 0 Å². The minimum Gasteiger partial charge on any atom is -0.316 e. The van der Waals surface area contributed by atoms with Gasteiger partial charge < -0.3 is 4.57 Å². The first-order valence-electron chi connectivity index (χ1n) is 5.13. The van der Waals surface area contributed by atoms with Crippen molar-refractivity contribution in [3.8, 4) is 0 Å². The van der Waals surface area contributed by atoms with Crippen LogP contribution in [-0.4, -0.2) is 25.2 Å².